The van der Waals surface area contributed by atoms with Gasteiger partial charge in [0.05, 0.1) is 27.4 Å². The summed E-state index contributed by atoms with van der Waals surface area (Å²) in [6.07, 6.45) is 0.764. The Balaban J connectivity index is 2.67. The molecule has 0 saturated carbocycles. The van der Waals surface area contributed by atoms with E-state index < -0.39 is 0 Å². The average Bonchev–Trinajstić information content (AvgIpc) is 2.82. The van der Waals surface area contributed by atoms with Crippen molar-refractivity contribution >= 4 is 5.78 Å². The van der Waals surface area contributed by atoms with Gasteiger partial charge in [0.25, 0.3) is 0 Å². The number of rotatable bonds is 4. The first kappa shape index (κ1) is 11.7. The van der Waals surface area contributed by atoms with Crippen molar-refractivity contribution < 1.29 is 19.0 Å². The van der Waals surface area contributed by atoms with E-state index in [0.29, 0.717) is 29.4 Å². The lowest BCUT2D eigenvalue weighted by atomic mass is 10.0. The van der Waals surface area contributed by atoms with Gasteiger partial charge in [-0.3, -0.25) is 4.79 Å². The second-order valence-electron chi connectivity index (χ2n) is 3.70. The monoisotopic (exact) mass is 237 g/mol. The van der Waals surface area contributed by atoms with E-state index in [1.807, 2.05) is 6.07 Å². The Bertz CT molecular complexity index is 456. The van der Waals surface area contributed by atoms with Crippen molar-refractivity contribution in [1.29, 1.82) is 0 Å². The molecule has 1 aliphatic heterocycles. The molecule has 92 valence electrons. The molecular formula is C12H15NO4. The zero-order valence-corrected chi connectivity index (χ0v) is 9.91. The van der Waals surface area contributed by atoms with E-state index in [4.69, 9.17) is 19.9 Å². The average molecular weight is 237 g/mol. The highest BCUT2D eigenvalue weighted by Crippen LogP contribution is 2.42. The van der Waals surface area contributed by atoms with Crippen molar-refractivity contribution in [3.8, 4) is 17.2 Å². The maximum absolute atomic E-state index is 11.9. The summed E-state index contributed by atoms with van der Waals surface area (Å²) in [7, 11) is 3.03. The minimum atomic E-state index is -0.209. The zero-order valence-electron chi connectivity index (χ0n) is 9.91. The molecule has 1 aliphatic rings. The fraction of sp³-hybridized carbons (Fsp3) is 0.417. The summed E-state index contributed by atoms with van der Waals surface area (Å²) in [4.78, 5) is 11.9. The highest BCUT2D eigenvalue weighted by molar-refractivity contribution is 6.04. The van der Waals surface area contributed by atoms with Crippen molar-refractivity contribution in [2.75, 3.05) is 27.4 Å². The molecule has 0 amide bonds. The van der Waals surface area contributed by atoms with Crippen LogP contribution in [-0.4, -0.2) is 33.2 Å². The van der Waals surface area contributed by atoms with Crippen molar-refractivity contribution in [3.63, 3.8) is 0 Å². The van der Waals surface area contributed by atoms with Gasteiger partial charge in [-0.1, -0.05) is 0 Å². The SMILES string of the molecule is COc1cc2c(c(C(=O)CN)c1OC)OCC2. The number of hydrogen-bond acceptors (Lipinski definition) is 5. The predicted octanol–water partition coefficient (Wildman–Crippen LogP) is 0.780. The molecule has 0 bridgehead atoms. The number of fused-ring (bicyclic) bond motifs is 1. The zero-order chi connectivity index (χ0) is 12.4. The molecule has 0 unspecified atom stereocenters. The van der Waals surface area contributed by atoms with Gasteiger partial charge in [-0.05, 0) is 6.07 Å². The molecule has 17 heavy (non-hydrogen) atoms. The molecule has 0 aliphatic carbocycles. The molecule has 5 heteroatoms. The van der Waals surface area contributed by atoms with E-state index in [1.54, 1.807) is 0 Å². The molecule has 0 aromatic heterocycles. The molecule has 1 aromatic carbocycles. The lowest BCUT2D eigenvalue weighted by molar-refractivity contribution is 0.0994. The van der Waals surface area contributed by atoms with Gasteiger partial charge in [-0.2, -0.15) is 0 Å². The highest BCUT2D eigenvalue weighted by Gasteiger charge is 2.27. The molecule has 1 aromatic rings. The molecule has 5 nitrogen and oxygen atoms in total. The lowest BCUT2D eigenvalue weighted by Gasteiger charge is -2.15. The van der Waals surface area contributed by atoms with E-state index in [2.05, 4.69) is 0 Å². The van der Waals surface area contributed by atoms with Crippen LogP contribution < -0.4 is 19.9 Å². The first-order valence-corrected chi connectivity index (χ1v) is 5.36. The topological polar surface area (TPSA) is 70.8 Å². The lowest BCUT2D eigenvalue weighted by Crippen LogP contribution is -2.16. The molecular weight excluding hydrogens is 222 g/mol. The number of benzene rings is 1. The standard InChI is InChI=1S/C12H15NO4/c1-15-9-5-7-3-4-17-11(7)10(8(14)6-13)12(9)16-2/h5H,3-4,6,13H2,1-2H3. The number of hydrogen-bond donors (Lipinski definition) is 1. The number of ketones is 1. The van der Waals surface area contributed by atoms with Crippen LogP contribution in [0.5, 0.6) is 17.2 Å². The molecule has 0 radical (unpaired) electrons. The quantitative estimate of drug-likeness (QED) is 0.783. The normalized spacial score (nSPS) is 12.9. The largest absolute Gasteiger partial charge is 0.493 e. The van der Waals surface area contributed by atoms with E-state index in [9.17, 15) is 4.79 Å². The summed E-state index contributed by atoms with van der Waals surface area (Å²) in [5, 5.41) is 0. The fourth-order valence-electron chi connectivity index (χ4n) is 2.00. The van der Waals surface area contributed by atoms with Crippen molar-refractivity contribution in [2.24, 2.45) is 5.73 Å². The molecule has 2 rings (SSSR count). The van der Waals surface area contributed by atoms with Gasteiger partial charge >= 0.3 is 0 Å². The van der Waals surface area contributed by atoms with Gasteiger partial charge in [-0.25, -0.2) is 0 Å². The predicted molar refractivity (Wildman–Crippen MR) is 62.1 cm³/mol. The smallest absolute Gasteiger partial charge is 0.184 e. The summed E-state index contributed by atoms with van der Waals surface area (Å²) >= 11 is 0. The number of methoxy groups -OCH3 is 2. The molecule has 1 heterocycles. The third kappa shape index (κ3) is 1.82. The van der Waals surface area contributed by atoms with Crippen LogP contribution in [0.4, 0.5) is 0 Å². The van der Waals surface area contributed by atoms with Crippen molar-refractivity contribution in [2.45, 2.75) is 6.42 Å². The maximum atomic E-state index is 11.9. The molecule has 0 saturated heterocycles. The van der Waals surface area contributed by atoms with Crippen LogP contribution in [0.2, 0.25) is 0 Å². The second kappa shape index (κ2) is 4.63. The Kier molecular flexibility index (Phi) is 3.19. The van der Waals surface area contributed by atoms with Gasteiger partial charge in [-0.15, -0.1) is 0 Å². The first-order chi connectivity index (χ1) is 8.22. The highest BCUT2D eigenvalue weighted by atomic mass is 16.5. The Hall–Kier alpha value is -1.75. The van der Waals surface area contributed by atoms with Gasteiger partial charge in [0.1, 0.15) is 11.3 Å². The summed E-state index contributed by atoms with van der Waals surface area (Å²) in [6.45, 7) is 0.482. The summed E-state index contributed by atoms with van der Waals surface area (Å²) < 4.78 is 15.9. The number of Topliss-reactive ketones (excluding diaryl/α,β-unsaturated/α-hetero) is 1. The van der Waals surface area contributed by atoms with Gasteiger partial charge in [0.15, 0.2) is 17.3 Å². The van der Waals surface area contributed by atoms with Crippen LogP contribution in [0.1, 0.15) is 15.9 Å². The summed E-state index contributed by atoms with van der Waals surface area (Å²) in [6, 6.07) is 1.84. The number of carbonyl (C=O) groups is 1. The molecule has 0 atom stereocenters. The summed E-state index contributed by atoms with van der Waals surface area (Å²) in [5.74, 6) is 1.30. The molecule has 0 fully saturated rings. The van der Waals surface area contributed by atoms with Crippen LogP contribution in [0, 0.1) is 0 Å². The Morgan fingerprint density at radius 2 is 2.24 bits per heavy atom. The third-order valence-corrected chi connectivity index (χ3v) is 2.78. The van der Waals surface area contributed by atoms with Crippen LogP contribution in [0.15, 0.2) is 6.07 Å². The Morgan fingerprint density at radius 3 is 2.82 bits per heavy atom. The number of ether oxygens (including phenoxy) is 3. The molecule has 2 N–H and O–H groups in total. The van der Waals surface area contributed by atoms with Gasteiger partial charge in [0, 0.05) is 12.0 Å². The van der Waals surface area contributed by atoms with Crippen LogP contribution in [0.25, 0.3) is 0 Å². The maximum Gasteiger partial charge on any atom is 0.184 e. The first-order valence-electron chi connectivity index (χ1n) is 5.36. The second-order valence-corrected chi connectivity index (χ2v) is 3.70. The minimum absolute atomic E-state index is 0.0840. The van der Waals surface area contributed by atoms with E-state index in [0.717, 1.165) is 12.0 Å². The minimum Gasteiger partial charge on any atom is -0.493 e. The summed E-state index contributed by atoms with van der Waals surface area (Å²) in [5.41, 5.74) is 6.76. The number of carbonyl (C=O) groups excluding carboxylic acids is 1. The van der Waals surface area contributed by atoms with E-state index in [1.165, 1.54) is 14.2 Å². The third-order valence-electron chi connectivity index (χ3n) is 2.78. The van der Waals surface area contributed by atoms with Crippen molar-refractivity contribution in [1.82, 2.24) is 0 Å². The van der Waals surface area contributed by atoms with Gasteiger partial charge < -0.3 is 19.9 Å². The van der Waals surface area contributed by atoms with Crippen LogP contribution >= 0.6 is 0 Å². The Labute approximate surface area is 99.5 Å². The Morgan fingerprint density at radius 1 is 1.47 bits per heavy atom. The van der Waals surface area contributed by atoms with Crippen LogP contribution in [0.3, 0.4) is 0 Å². The van der Waals surface area contributed by atoms with E-state index >= 15 is 0 Å². The van der Waals surface area contributed by atoms with E-state index in [-0.39, 0.29) is 12.3 Å². The number of nitrogens with two attached hydrogens (primary N) is 1. The van der Waals surface area contributed by atoms with Crippen LogP contribution in [-0.2, 0) is 6.42 Å². The fourth-order valence-corrected chi connectivity index (χ4v) is 2.00. The molecule has 0 spiro atoms. The van der Waals surface area contributed by atoms with Gasteiger partial charge in [0.2, 0.25) is 0 Å². The van der Waals surface area contributed by atoms with Crippen molar-refractivity contribution in [3.05, 3.63) is 17.2 Å².